The van der Waals surface area contributed by atoms with Crippen molar-refractivity contribution in [1.82, 2.24) is 14.8 Å². The van der Waals surface area contributed by atoms with Crippen molar-refractivity contribution in [2.24, 2.45) is 11.5 Å². The number of primary amides is 1. The van der Waals surface area contributed by atoms with Crippen molar-refractivity contribution in [3.63, 3.8) is 0 Å². The molecule has 1 aliphatic rings. The monoisotopic (exact) mass is 359 g/mol. The zero-order valence-electron chi connectivity index (χ0n) is 12.8. The fourth-order valence-electron chi connectivity index (χ4n) is 2.14. The molecular formula is C12H17N5O8. The molecule has 138 valence electrons. The molecule has 1 saturated heterocycles. The van der Waals surface area contributed by atoms with E-state index in [9.17, 15) is 24.6 Å². The SMILES string of the molecule is NC(=O)c1ncn([C@@H]2O[C@H](COC(=O)[C@@H](N)CC(=O)O)[C@@H](O)[C@H]2O)n1. The summed E-state index contributed by atoms with van der Waals surface area (Å²) >= 11 is 0. The third kappa shape index (κ3) is 4.27. The van der Waals surface area contributed by atoms with Crippen LogP contribution < -0.4 is 11.5 Å². The normalized spacial score (nSPS) is 27.0. The summed E-state index contributed by atoms with van der Waals surface area (Å²) in [5.41, 5.74) is 10.4. The van der Waals surface area contributed by atoms with Crippen LogP contribution in [0.15, 0.2) is 6.33 Å². The average molecular weight is 359 g/mol. The number of aromatic nitrogens is 3. The molecule has 1 aromatic heterocycles. The summed E-state index contributed by atoms with van der Waals surface area (Å²) in [4.78, 5) is 36.6. The number of carbonyl (C=O) groups excluding carboxylic acids is 2. The number of nitrogens with two attached hydrogens (primary N) is 2. The molecule has 2 heterocycles. The van der Waals surface area contributed by atoms with Crippen molar-refractivity contribution in [2.45, 2.75) is 37.0 Å². The number of hydrogen-bond donors (Lipinski definition) is 5. The van der Waals surface area contributed by atoms with Crippen molar-refractivity contribution in [3.05, 3.63) is 12.2 Å². The third-order valence-electron chi connectivity index (χ3n) is 3.41. The van der Waals surface area contributed by atoms with Gasteiger partial charge in [-0.1, -0.05) is 0 Å². The number of nitrogens with zero attached hydrogens (tertiary/aromatic N) is 3. The largest absolute Gasteiger partial charge is 0.481 e. The first-order valence-electron chi connectivity index (χ1n) is 7.07. The van der Waals surface area contributed by atoms with Gasteiger partial charge >= 0.3 is 11.9 Å². The van der Waals surface area contributed by atoms with Crippen molar-refractivity contribution in [3.8, 4) is 0 Å². The van der Waals surface area contributed by atoms with Gasteiger partial charge in [0.1, 0.15) is 37.3 Å². The fraction of sp³-hybridized carbons (Fsp3) is 0.583. The zero-order valence-corrected chi connectivity index (χ0v) is 12.8. The topological polar surface area (TPSA) is 213 Å². The summed E-state index contributed by atoms with van der Waals surface area (Å²) < 4.78 is 11.1. The van der Waals surface area contributed by atoms with Gasteiger partial charge in [-0.05, 0) is 0 Å². The Hall–Kier alpha value is -2.61. The molecule has 0 radical (unpaired) electrons. The van der Waals surface area contributed by atoms with Crippen molar-refractivity contribution in [1.29, 1.82) is 0 Å². The fourth-order valence-corrected chi connectivity index (χ4v) is 2.14. The van der Waals surface area contributed by atoms with Gasteiger partial charge < -0.3 is 36.3 Å². The van der Waals surface area contributed by atoms with E-state index in [1.54, 1.807) is 0 Å². The quantitative estimate of drug-likeness (QED) is 0.299. The molecule has 0 bridgehead atoms. The summed E-state index contributed by atoms with van der Waals surface area (Å²) in [6.07, 6.45) is -4.73. The number of carboxylic acid groups (broad SMARTS) is 1. The summed E-state index contributed by atoms with van der Waals surface area (Å²) in [5.74, 6) is -3.45. The van der Waals surface area contributed by atoms with Gasteiger partial charge in [0.25, 0.3) is 5.91 Å². The maximum Gasteiger partial charge on any atom is 0.323 e. The van der Waals surface area contributed by atoms with Crippen LogP contribution in [0.1, 0.15) is 23.3 Å². The number of aliphatic hydroxyl groups excluding tert-OH is 2. The Morgan fingerprint density at radius 2 is 2.04 bits per heavy atom. The van der Waals surface area contributed by atoms with E-state index >= 15 is 0 Å². The highest BCUT2D eigenvalue weighted by Crippen LogP contribution is 2.29. The van der Waals surface area contributed by atoms with Gasteiger partial charge in [-0.3, -0.25) is 14.4 Å². The maximum atomic E-state index is 11.6. The Labute approximate surface area is 140 Å². The van der Waals surface area contributed by atoms with Gasteiger partial charge in [0, 0.05) is 0 Å². The minimum atomic E-state index is -1.45. The van der Waals surface area contributed by atoms with Crippen LogP contribution in [-0.2, 0) is 19.1 Å². The van der Waals surface area contributed by atoms with Crippen LogP contribution in [-0.4, -0.2) is 78.9 Å². The van der Waals surface area contributed by atoms with Crippen LogP contribution in [0.5, 0.6) is 0 Å². The van der Waals surface area contributed by atoms with Crippen molar-refractivity contribution in [2.75, 3.05) is 6.61 Å². The smallest absolute Gasteiger partial charge is 0.323 e. The molecule has 5 atom stereocenters. The second-order valence-electron chi connectivity index (χ2n) is 5.29. The number of aliphatic hydroxyl groups is 2. The molecule has 0 saturated carbocycles. The van der Waals surface area contributed by atoms with Crippen LogP contribution in [0.25, 0.3) is 0 Å². The molecule has 13 heteroatoms. The summed E-state index contributed by atoms with van der Waals surface area (Å²) in [5, 5.41) is 32.2. The van der Waals surface area contributed by atoms with E-state index in [-0.39, 0.29) is 5.82 Å². The van der Waals surface area contributed by atoms with Crippen LogP contribution in [0.3, 0.4) is 0 Å². The molecule has 1 fully saturated rings. The van der Waals surface area contributed by atoms with Crippen LogP contribution in [0.4, 0.5) is 0 Å². The number of amides is 1. The first kappa shape index (κ1) is 18.7. The molecule has 1 aliphatic heterocycles. The number of ether oxygens (including phenoxy) is 2. The minimum Gasteiger partial charge on any atom is -0.481 e. The lowest BCUT2D eigenvalue weighted by Gasteiger charge is -2.16. The van der Waals surface area contributed by atoms with Crippen LogP contribution in [0, 0.1) is 0 Å². The Bertz CT molecular complexity index is 664. The molecule has 13 nitrogen and oxygen atoms in total. The van der Waals surface area contributed by atoms with Gasteiger partial charge in [0.05, 0.1) is 6.42 Å². The molecule has 0 spiro atoms. The van der Waals surface area contributed by atoms with Gasteiger partial charge in [-0.25, -0.2) is 9.67 Å². The molecule has 1 aromatic rings. The Kier molecular flexibility index (Phi) is 5.63. The average Bonchev–Trinajstić information content (AvgIpc) is 3.11. The number of hydrogen-bond acceptors (Lipinski definition) is 10. The Morgan fingerprint density at radius 1 is 1.36 bits per heavy atom. The predicted molar refractivity (Wildman–Crippen MR) is 75.7 cm³/mol. The Morgan fingerprint density at radius 3 is 2.60 bits per heavy atom. The molecule has 25 heavy (non-hydrogen) atoms. The van der Waals surface area contributed by atoms with E-state index in [0.717, 1.165) is 11.0 Å². The lowest BCUT2D eigenvalue weighted by Crippen LogP contribution is -2.38. The van der Waals surface area contributed by atoms with Gasteiger partial charge in [0.2, 0.25) is 5.82 Å². The van der Waals surface area contributed by atoms with E-state index in [0.29, 0.717) is 0 Å². The lowest BCUT2D eigenvalue weighted by atomic mass is 10.1. The highest BCUT2D eigenvalue weighted by atomic mass is 16.6. The first-order valence-corrected chi connectivity index (χ1v) is 7.07. The number of carbonyl (C=O) groups is 3. The molecule has 7 N–H and O–H groups in total. The van der Waals surface area contributed by atoms with Crippen LogP contribution in [0.2, 0.25) is 0 Å². The van der Waals surface area contributed by atoms with E-state index in [4.69, 9.17) is 26.0 Å². The Balaban J connectivity index is 1.96. The maximum absolute atomic E-state index is 11.6. The van der Waals surface area contributed by atoms with Crippen molar-refractivity contribution < 1.29 is 39.2 Å². The van der Waals surface area contributed by atoms with Gasteiger partial charge in [-0.2, -0.15) is 0 Å². The molecule has 1 amide bonds. The van der Waals surface area contributed by atoms with Crippen molar-refractivity contribution >= 4 is 17.8 Å². The minimum absolute atomic E-state index is 0.306. The molecular weight excluding hydrogens is 342 g/mol. The third-order valence-corrected chi connectivity index (χ3v) is 3.41. The first-order chi connectivity index (χ1) is 11.7. The second-order valence-corrected chi connectivity index (χ2v) is 5.29. The van der Waals surface area contributed by atoms with E-state index < -0.39 is 61.5 Å². The molecule has 0 unspecified atom stereocenters. The second kappa shape index (κ2) is 7.52. The molecule has 0 aromatic carbocycles. The number of carboxylic acids is 1. The predicted octanol–water partition coefficient (Wildman–Crippen LogP) is -3.66. The highest BCUT2D eigenvalue weighted by molar-refractivity contribution is 5.88. The summed E-state index contributed by atoms with van der Waals surface area (Å²) in [7, 11) is 0. The zero-order chi connectivity index (χ0) is 18.7. The highest BCUT2D eigenvalue weighted by Gasteiger charge is 2.45. The number of esters is 1. The summed E-state index contributed by atoms with van der Waals surface area (Å²) in [6.45, 7) is -0.474. The van der Waals surface area contributed by atoms with Gasteiger partial charge in [0.15, 0.2) is 6.23 Å². The van der Waals surface area contributed by atoms with E-state index in [1.807, 2.05) is 0 Å². The van der Waals surface area contributed by atoms with Crippen LogP contribution >= 0.6 is 0 Å². The van der Waals surface area contributed by atoms with E-state index in [1.165, 1.54) is 0 Å². The van der Waals surface area contributed by atoms with Gasteiger partial charge in [-0.15, -0.1) is 5.10 Å². The number of rotatable bonds is 7. The number of aliphatic carboxylic acids is 1. The van der Waals surface area contributed by atoms with E-state index in [2.05, 4.69) is 10.1 Å². The molecule has 2 rings (SSSR count). The molecule has 0 aliphatic carbocycles. The summed E-state index contributed by atoms with van der Waals surface area (Å²) in [6, 6.07) is -1.37. The standard InChI is InChI=1S/C12H17N5O8/c13-4(1-6(18)19)12(23)24-2-5-7(20)8(21)11(25-5)17-3-15-10(16-17)9(14)22/h3-5,7-8,11,20-21H,1-2,13H2,(H2,14,22)(H,18,19)/t4-,5+,7+,8+,11+/m0/s1. The lowest BCUT2D eigenvalue weighted by molar-refractivity contribution is -0.154.